The van der Waals surface area contributed by atoms with E-state index in [1.54, 1.807) is 19.2 Å². The molecule has 2 aromatic rings. The van der Waals surface area contributed by atoms with Gasteiger partial charge >= 0.3 is 0 Å². The Kier molecular flexibility index (Phi) is 4.26. The van der Waals surface area contributed by atoms with Crippen molar-refractivity contribution in [3.05, 3.63) is 48.2 Å². The van der Waals surface area contributed by atoms with E-state index >= 15 is 0 Å². The molecule has 98 valence electrons. The topological polar surface area (TPSA) is 62.2 Å². The van der Waals surface area contributed by atoms with E-state index in [0.29, 0.717) is 0 Å². The number of fused-ring (bicyclic) bond motifs is 1. The fourth-order valence-electron chi connectivity index (χ4n) is 1.76. The van der Waals surface area contributed by atoms with Gasteiger partial charge in [0.15, 0.2) is 0 Å². The maximum Gasteiger partial charge on any atom is 0.244 e. The number of carbonyl (C=O) groups excluding carboxylic acids is 1. The second-order valence-electron chi connectivity index (χ2n) is 4.35. The van der Waals surface area contributed by atoms with Crippen LogP contribution in [-0.2, 0) is 4.79 Å². The van der Waals surface area contributed by atoms with Crippen LogP contribution in [0.3, 0.4) is 0 Å². The third kappa shape index (κ3) is 3.39. The summed E-state index contributed by atoms with van der Waals surface area (Å²) in [5.74, 6) is -0.227. The number of pyridine rings is 1. The molecule has 1 aromatic carbocycles. The van der Waals surface area contributed by atoms with Crippen LogP contribution in [0.25, 0.3) is 17.0 Å². The molecular weight excluding hydrogens is 240 g/mol. The first-order valence-electron chi connectivity index (χ1n) is 6.14. The van der Waals surface area contributed by atoms with Crippen molar-refractivity contribution in [3.63, 3.8) is 0 Å². The first kappa shape index (κ1) is 13.2. The Morgan fingerprint density at radius 2 is 2.21 bits per heavy atom. The number of para-hydroxylation sites is 1. The Bertz CT molecular complexity index is 603. The fourth-order valence-corrected chi connectivity index (χ4v) is 1.76. The van der Waals surface area contributed by atoms with Crippen molar-refractivity contribution in [2.24, 2.45) is 0 Å². The Labute approximate surface area is 111 Å². The van der Waals surface area contributed by atoms with Gasteiger partial charge in [-0.2, -0.15) is 0 Å². The second-order valence-corrected chi connectivity index (χ2v) is 4.35. The number of carbonyl (C=O) groups is 1. The normalized spacial score (nSPS) is 12.7. The van der Waals surface area contributed by atoms with Crippen LogP contribution in [0.1, 0.15) is 12.5 Å². The van der Waals surface area contributed by atoms with Crippen molar-refractivity contribution in [2.75, 3.05) is 6.61 Å². The molecule has 0 saturated heterocycles. The van der Waals surface area contributed by atoms with Gasteiger partial charge in [-0.25, -0.2) is 0 Å². The van der Waals surface area contributed by atoms with E-state index < -0.39 is 0 Å². The molecule has 4 nitrogen and oxygen atoms in total. The molecule has 0 aliphatic carbocycles. The van der Waals surface area contributed by atoms with Gasteiger partial charge in [0, 0.05) is 29.3 Å². The van der Waals surface area contributed by atoms with Crippen molar-refractivity contribution in [1.29, 1.82) is 0 Å². The molecule has 0 spiro atoms. The number of hydrogen-bond acceptors (Lipinski definition) is 3. The lowest BCUT2D eigenvalue weighted by Crippen LogP contribution is -2.33. The number of nitrogens with one attached hydrogen (secondary N) is 1. The van der Waals surface area contributed by atoms with Gasteiger partial charge in [0.25, 0.3) is 0 Å². The van der Waals surface area contributed by atoms with Crippen LogP contribution in [0, 0.1) is 0 Å². The smallest absolute Gasteiger partial charge is 0.244 e. The minimum absolute atomic E-state index is 0.0740. The summed E-state index contributed by atoms with van der Waals surface area (Å²) in [4.78, 5) is 15.9. The van der Waals surface area contributed by atoms with Gasteiger partial charge in [-0.05, 0) is 19.1 Å². The van der Waals surface area contributed by atoms with Gasteiger partial charge in [0.1, 0.15) is 0 Å². The quantitative estimate of drug-likeness (QED) is 0.819. The van der Waals surface area contributed by atoms with E-state index in [1.807, 2.05) is 30.3 Å². The number of nitrogens with zero attached hydrogens (tertiary/aromatic N) is 1. The zero-order valence-corrected chi connectivity index (χ0v) is 10.7. The predicted octanol–water partition coefficient (Wildman–Crippen LogP) is 1.75. The van der Waals surface area contributed by atoms with Gasteiger partial charge in [-0.3, -0.25) is 9.78 Å². The number of benzene rings is 1. The number of aromatic nitrogens is 1. The SMILES string of the molecule is CC(CO)NC(=O)/C=C/c1cccc2cccnc12. The third-order valence-electron chi connectivity index (χ3n) is 2.74. The molecule has 1 atom stereocenters. The summed E-state index contributed by atoms with van der Waals surface area (Å²) >= 11 is 0. The predicted molar refractivity (Wildman–Crippen MR) is 75.5 cm³/mol. The van der Waals surface area contributed by atoms with Gasteiger partial charge in [-0.15, -0.1) is 0 Å². The minimum Gasteiger partial charge on any atom is -0.394 e. The second kappa shape index (κ2) is 6.11. The molecule has 0 radical (unpaired) electrons. The zero-order valence-electron chi connectivity index (χ0n) is 10.7. The van der Waals surface area contributed by atoms with Crippen molar-refractivity contribution >= 4 is 22.9 Å². The van der Waals surface area contributed by atoms with Crippen LogP contribution >= 0.6 is 0 Å². The standard InChI is InChI=1S/C15H16N2O2/c1-11(10-18)17-14(19)8-7-13-5-2-4-12-6-3-9-16-15(12)13/h2-9,11,18H,10H2,1H3,(H,17,19)/b8-7+. The van der Waals surface area contributed by atoms with Crippen molar-refractivity contribution < 1.29 is 9.90 Å². The zero-order chi connectivity index (χ0) is 13.7. The van der Waals surface area contributed by atoms with Crippen LogP contribution in [-0.4, -0.2) is 28.6 Å². The van der Waals surface area contributed by atoms with Crippen molar-refractivity contribution in [2.45, 2.75) is 13.0 Å². The lowest BCUT2D eigenvalue weighted by molar-refractivity contribution is -0.117. The highest BCUT2D eigenvalue weighted by molar-refractivity contribution is 5.95. The van der Waals surface area contributed by atoms with E-state index in [0.717, 1.165) is 16.5 Å². The molecule has 1 amide bonds. The third-order valence-corrected chi connectivity index (χ3v) is 2.74. The van der Waals surface area contributed by atoms with Gasteiger partial charge in [-0.1, -0.05) is 24.3 Å². The summed E-state index contributed by atoms with van der Waals surface area (Å²) in [5, 5.41) is 12.5. The molecule has 1 aromatic heterocycles. The minimum atomic E-state index is -0.247. The molecule has 0 aliphatic rings. The van der Waals surface area contributed by atoms with E-state index in [2.05, 4.69) is 10.3 Å². The average molecular weight is 256 g/mol. The number of rotatable bonds is 4. The van der Waals surface area contributed by atoms with Crippen molar-refractivity contribution in [3.8, 4) is 0 Å². The van der Waals surface area contributed by atoms with E-state index in [4.69, 9.17) is 5.11 Å². The Balaban J connectivity index is 2.19. The Hall–Kier alpha value is -2.20. The van der Waals surface area contributed by atoms with Crippen LogP contribution in [0.15, 0.2) is 42.6 Å². The molecule has 1 heterocycles. The van der Waals surface area contributed by atoms with Crippen LogP contribution in [0.4, 0.5) is 0 Å². The van der Waals surface area contributed by atoms with E-state index in [-0.39, 0.29) is 18.6 Å². The van der Waals surface area contributed by atoms with Crippen LogP contribution in [0.2, 0.25) is 0 Å². The first-order valence-corrected chi connectivity index (χ1v) is 6.14. The van der Waals surface area contributed by atoms with E-state index in [1.165, 1.54) is 6.08 Å². The number of aliphatic hydroxyl groups excluding tert-OH is 1. The highest BCUT2D eigenvalue weighted by atomic mass is 16.3. The van der Waals surface area contributed by atoms with Gasteiger partial charge in [0.05, 0.1) is 12.1 Å². The summed E-state index contributed by atoms with van der Waals surface area (Å²) in [6, 6.07) is 9.43. The average Bonchev–Trinajstić information content (AvgIpc) is 2.44. The molecule has 19 heavy (non-hydrogen) atoms. The molecule has 4 heteroatoms. The van der Waals surface area contributed by atoms with Gasteiger partial charge in [0.2, 0.25) is 5.91 Å². The maximum absolute atomic E-state index is 11.6. The monoisotopic (exact) mass is 256 g/mol. The maximum atomic E-state index is 11.6. The fraction of sp³-hybridized carbons (Fsp3) is 0.200. The summed E-state index contributed by atoms with van der Waals surface area (Å²) < 4.78 is 0. The number of amides is 1. The molecular formula is C15H16N2O2. The largest absolute Gasteiger partial charge is 0.394 e. The van der Waals surface area contributed by atoms with Crippen molar-refractivity contribution in [1.82, 2.24) is 10.3 Å². The first-order chi connectivity index (χ1) is 9.20. The van der Waals surface area contributed by atoms with E-state index in [9.17, 15) is 4.79 Å². The molecule has 2 rings (SSSR count). The summed E-state index contributed by atoms with van der Waals surface area (Å²) in [5.41, 5.74) is 1.76. The molecule has 0 bridgehead atoms. The molecule has 0 saturated carbocycles. The number of aliphatic hydroxyl groups is 1. The summed E-state index contributed by atoms with van der Waals surface area (Å²) in [6.45, 7) is 1.67. The summed E-state index contributed by atoms with van der Waals surface area (Å²) in [7, 11) is 0. The number of hydrogen-bond donors (Lipinski definition) is 2. The lowest BCUT2D eigenvalue weighted by Gasteiger charge is -2.07. The Morgan fingerprint density at radius 1 is 1.42 bits per heavy atom. The van der Waals surface area contributed by atoms with Crippen LogP contribution in [0.5, 0.6) is 0 Å². The molecule has 1 unspecified atom stereocenters. The highest BCUT2D eigenvalue weighted by Gasteiger charge is 2.03. The summed E-state index contributed by atoms with van der Waals surface area (Å²) in [6.07, 6.45) is 4.91. The van der Waals surface area contributed by atoms with Gasteiger partial charge < -0.3 is 10.4 Å². The molecule has 0 aliphatic heterocycles. The molecule has 0 fully saturated rings. The highest BCUT2D eigenvalue weighted by Crippen LogP contribution is 2.16. The van der Waals surface area contributed by atoms with Crippen LogP contribution < -0.4 is 5.32 Å². The Morgan fingerprint density at radius 3 is 3.00 bits per heavy atom. The lowest BCUT2D eigenvalue weighted by atomic mass is 10.1. The molecule has 2 N–H and O–H groups in total.